The molecule has 1 atom stereocenters. The summed E-state index contributed by atoms with van der Waals surface area (Å²) in [7, 11) is -2.52. The van der Waals surface area contributed by atoms with E-state index in [0.29, 0.717) is 0 Å². The summed E-state index contributed by atoms with van der Waals surface area (Å²) < 4.78 is 27.2. The fraction of sp³-hybridized carbons (Fsp3) is 1.00. The third kappa shape index (κ3) is 3.69. The summed E-state index contributed by atoms with van der Waals surface area (Å²) in [6.07, 6.45) is 0. The molecule has 0 heterocycles. The summed E-state index contributed by atoms with van der Waals surface area (Å²) in [4.78, 5) is 0. The minimum atomic E-state index is -4.06. The first-order valence-corrected chi connectivity index (χ1v) is 4.17. The zero-order chi connectivity index (χ0) is 7.49. The van der Waals surface area contributed by atoms with Gasteiger partial charge in [0.05, 0.1) is 0 Å². The molecule has 9 heavy (non-hydrogen) atoms. The van der Waals surface area contributed by atoms with Crippen LogP contribution < -0.4 is 5.32 Å². The molecule has 2 N–H and O–H groups in total. The van der Waals surface area contributed by atoms with Gasteiger partial charge in [0, 0.05) is 6.54 Å². The van der Waals surface area contributed by atoms with Crippen LogP contribution in [0.3, 0.4) is 0 Å². The maximum atomic E-state index is 10.1. The Morgan fingerprint density at radius 1 is 1.78 bits per heavy atom. The predicted molar refractivity (Wildman–Crippen MR) is 35.1 cm³/mol. The molecule has 0 fully saturated rings. The van der Waals surface area contributed by atoms with Gasteiger partial charge in [0.2, 0.25) is 0 Å². The molecule has 0 aliphatic heterocycles. The van der Waals surface area contributed by atoms with Crippen LogP contribution >= 0.6 is 11.6 Å². The minimum absolute atomic E-state index is 0.0421. The minimum Gasteiger partial charge on any atom is -0.317 e. The van der Waals surface area contributed by atoms with E-state index < -0.39 is 14.8 Å². The molecule has 0 rings (SSSR count). The van der Waals surface area contributed by atoms with Crippen molar-refractivity contribution < 1.29 is 13.0 Å². The zero-order valence-corrected chi connectivity index (χ0v) is 6.41. The number of hydrogen-bond donors (Lipinski definition) is 2. The van der Waals surface area contributed by atoms with Crippen LogP contribution in [0.4, 0.5) is 0 Å². The largest absolute Gasteiger partial charge is 0.317 e. The predicted octanol–water partition coefficient (Wildman–Crippen LogP) is -0.341. The Morgan fingerprint density at radius 3 is 2.33 bits per heavy atom. The van der Waals surface area contributed by atoms with Gasteiger partial charge < -0.3 is 5.32 Å². The first-order valence-electron chi connectivity index (χ1n) is 2.23. The van der Waals surface area contributed by atoms with Crippen molar-refractivity contribution in [3.05, 3.63) is 0 Å². The molecule has 0 saturated carbocycles. The fourth-order valence-electron chi connectivity index (χ4n) is 0.266. The maximum absolute atomic E-state index is 10.1. The van der Waals surface area contributed by atoms with E-state index >= 15 is 0 Å². The van der Waals surface area contributed by atoms with Gasteiger partial charge in [-0.3, -0.25) is 4.55 Å². The van der Waals surface area contributed by atoms with Gasteiger partial charge in [0.15, 0.2) is 4.71 Å². The lowest BCUT2D eigenvalue weighted by Crippen LogP contribution is -2.26. The molecule has 0 aromatic heterocycles. The van der Waals surface area contributed by atoms with Gasteiger partial charge in [0.25, 0.3) is 10.1 Å². The highest BCUT2D eigenvalue weighted by Crippen LogP contribution is 2.01. The lowest BCUT2D eigenvalue weighted by atomic mass is 10.8. The van der Waals surface area contributed by atoms with E-state index in [4.69, 9.17) is 16.2 Å². The van der Waals surface area contributed by atoms with Crippen molar-refractivity contribution in [1.82, 2.24) is 5.32 Å². The smallest absolute Gasteiger partial charge is 0.283 e. The Kier molecular flexibility index (Phi) is 3.42. The van der Waals surface area contributed by atoms with Gasteiger partial charge in [-0.15, -0.1) is 11.6 Å². The molecular weight excluding hydrogens is 166 g/mol. The molecule has 0 amide bonds. The maximum Gasteiger partial charge on any atom is 0.283 e. The number of rotatable bonds is 3. The van der Waals surface area contributed by atoms with Crippen LogP contribution in [0.2, 0.25) is 0 Å². The second-order valence-electron chi connectivity index (χ2n) is 1.48. The number of halogens is 1. The average molecular weight is 174 g/mol. The van der Waals surface area contributed by atoms with Crippen molar-refractivity contribution in [2.24, 2.45) is 0 Å². The van der Waals surface area contributed by atoms with Crippen molar-refractivity contribution >= 4 is 21.7 Å². The van der Waals surface area contributed by atoms with Gasteiger partial charge in [0.1, 0.15) is 0 Å². The van der Waals surface area contributed by atoms with E-state index in [2.05, 4.69) is 5.32 Å². The van der Waals surface area contributed by atoms with E-state index in [1.807, 2.05) is 0 Å². The lowest BCUT2D eigenvalue weighted by Gasteiger charge is -2.02. The van der Waals surface area contributed by atoms with Gasteiger partial charge in [-0.1, -0.05) is 0 Å². The summed E-state index contributed by atoms with van der Waals surface area (Å²) in [6, 6.07) is 0. The second kappa shape index (κ2) is 3.36. The monoisotopic (exact) mass is 173 g/mol. The third-order valence-corrected chi connectivity index (χ3v) is 2.33. The summed E-state index contributed by atoms with van der Waals surface area (Å²) in [5.74, 6) is 0. The van der Waals surface area contributed by atoms with Gasteiger partial charge in [-0.2, -0.15) is 8.42 Å². The van der Waals surface area contributed by atoms with Crippen LogP contribution in [0.25, 0.3) is 0 Å². The van der Waals surface area contributed by atoms with E-state index in [9.17, 15) is 8.42 Å². The van der Waals surface area contributed by atoms with Crippen LogP contribution in [0.5, 0.6) is 0 Å². The normalized spacial score (nSPS) is 15.4. The first kappa shape index (κ1) is 9.16. The number of alkyl halides is 1. The Bertz CT molecular complexity index is 166. The van der Waals surface area contributed by atoms with Crippen LogP contribution in [-0.4, -0.2) is 31.3 Å². The highest BCUT2D eigenvalue weighted by atomic mass is 35.5. The summed E-state index contributed by atoms with van der Waals surface area (Å²) in [5, 5.41) is 2.50. The third-order valence-electron chi connectivity index (χ3n) is 0.688. The molecular formula is C3H8ClNO3S. The van der Waals surface area contributed by atoms with Crippen molar-refractivity contribution in [1.29, 1.82) is 0 Å². The Morgan fingerprint density at radius 2 is 2.22 bits per heavy atom. The molecule has 0 bridgehead atoms. The summed E-state index contributed by atoms with van der Waals surface area (Å²) >= 11 is 5.16. The molecule has 0 radical (unpaired) electrons. The van der Waals surface area contributed by atoms with Crippen molar-refractivity contribution in [3.8, 4) is 0 Å². The zero-order valence-electron chi connectivity index (χ0n) is 4.83. The summed E-state index contributed by atoms with van der Waals surface area (Å²) in [5.41, 5.74) is 0. The molecule has 0 saturated heterocycles. The van der Waals surface area contributed by atoms with Gasteiger partial charge in [-0.05, 0) is 7.05 Å². The average Bonchev–Trinajstić information content (AvgIpc) is 1.64. The van der Waals surface area contributed by atoms with Crippen molar-refractivity contribution in [2.45, 2.75) is 4.71 Å². The van der Waals surface area contributed by atoms with Crippen LogP contribution in [-0.2, 0) is 10.1 Å². The fourth-order valence-corrected chi connectivity index (χ4v) is 0.797. The molecule has 4 nitrogen and oxygen atoms in total. The van der Waals surface area contributed by atoms with E-state index in [1.54, 1.807) is 7.05 Å². The lowest BCUT2D eigenvalue weighted by molar-refractivity contribution is 0.477. The van der Waals surface area contributed by atoms with Crippen molar-refractivity contribution in [3.63, 3.8) is 0 Å². The molecule has 56 valence electrons. The quantitative estimate of drug-likeness (QED) is 0.453. The van der Waals surface area contributed by atoms with Crippen molar-refractivity contribution in [2.75, 3.05) is 13.6 Å². The van der Waals surface area contributed by atoms with Crippen LogP contribution in [0.15, 0.2) is 0 Å². The van der Waals surface area contributed by atoms with E-state index in [1.165, 1.54) is 0 Å². The number of hydrogen-bond acceptors (Lipinski definition) is 3. The molecule has 0 aliphatic carbocycles. The first-order chi connectivity index (χ1) is 3.98. The van der Waals surface area contributed by atoms with Crippen LogP contribution in [0.1, 0.15) is 0 Å². The standard InChI is InChI=1S/C3H8ClNO3S/c1-5-2-3(4)9(6,7)8/h3,5H,2H2,1H3,(H,6,7,8). The second-order valence-corrected chi connectivity index (χ2v) is 3.87. The highest BCUT2D eigenvalue weighted by molar-refractivity contribution is 7.87. The Labute approximate surface area is 59.0 Å². The number of nitrogens with one attached hydrogen (secondary N) is 1. The Hall–Kier alpha value is 0.160. The molecule has 6 heteroatoms. The Balaban J connectivity index is 3.90. The topological polar surface area (TPSA) is 66.4 Å². The molecule has 1 unspecified atom stereocenters. The van der Waals surface area contributed by atoms with Crippen LogP contribution in [0, 0.1) is 0 Å². The SMILES string of the molecule is CNCC(Cl)S(=O)(=O)O. The molecule has 0 aromatic rings. The van der Waals surface area contributed by atoms with E-state index in [-0.39, 0.29) is 6.54 Å². The van der Waals surface area contributed by atoms with Gasteiger partial charge >= 0.3 is 0 Å². The van der Waals surface area contributed by atoms with E-state index in [0.717, 1.165) is 0 Å². The highest BCUT2D eigenvalue weighted by Gasteiger charge is 2.17. The molecule has 0 spiro atoms. The van der Waals surface area contributed by atoms with Gasteiger partial charge in [-0.25, -0.2) is 0 Å². The molecule has 0 aromatic carbocycles. The summed E-state index contributed by atoms with van der Waals surface area (Å²) in [6.45, 7) is 0.0421. The molecule has 0 aliphatic rings.